The van der Waals surface area contributed by atoms with Crippen LogP contribution >= 0.6 is 23.5 Å². The van der Waals surface area contributed by atoms with Gasteiger partial charge < -0.3 is 0 Å². The fourth-order valence-electron chi connectivity index (χ4n) is 2.23. The lowest BCUT2D eigenvalue weighted by molar-refractivity contribution is -0.137. The maximum Gasteiger partial charge on any atom is 0.416 e. The van der Waals surface area contributed by atoms with Gasteiger partial charge >= 0.3 is 6.18 Å². The van der Waals surface area contributed by atoms with Crippen molar-refractivity contribution in [2.24, 2.45) is 0 Å². The van der Waals surface area contributed by atoms with Crippen molar-refractivity contribution in [2.75, 3.05) is 0 Å². The zero-order valence-electron chi connectivity index (χ0n) is 13.1. The second-order valence-corrected chi connectivity index (χ2v) is 7.97. The third-order valence-electron chi connectivity index (χ3n) is 3.48. The molecular weight excluding hydrogens is 361 g/mol. The first kappa shape index (κ1) is 18.0. The van der Waals surface area contributed by atoms with Crippen molar-refractivity contribution < 1.29 is 13.2 Å². The minimum Gasteiger partial charge on any atom is -0.166 e. The Labute approximate surface area is 153 Å². The molecule has 0 aliphatic rings. The normalized spacial score (nSPS) is 11.7. The van der Waals surface area contributed by atoms with E-state index >= 15 is 0 Å². The second kappa shape index (κ2) is 8.02. The molecule has 3 aromatic carbocycles. The molecule has 0 radical (unpaired) electrons. The van der Waals surface area contributed by atoms with E-state index in [1.807, 2.05) is 60.7 Å². The molecule has 0 aliphatic heterocycles. The fourth-order valence-corrected chi connectivity index (χ4v) is 4.80. The zero-order chi connectivity index (χ0) is 17.7. The molecule has 0 atom stereocenters. The largest absolute Gasteiger partial charge is 0.416 e. The summed E-state index contributed by atoms with van der Waals surface area (Å²) >= 11 is 3.26. The summed E-state index contributed by atoms with van der Waals surface area (Å²) in [5, 5.41) is 0. The third kappa shape index (κ3) is 5.06. The van der Waals surface area contributed by atoms with E-state index in [1.54, 1.807) is 35.7 Å². The average molecular weight is 376 g/mol. The molecule has 128 valence electrons. The van der Waals surface area contributed by atoms with Crippen LogP contribution in [0.2, 0.25) is 0 Å². The Bertz CT molecular complexity index is 743. The smallest absolute Gasteiger partial charge is 0.166 e. The molecule has 0 aromatic heterocycles. The quantitative estimate of drug-likeness (QED) is 0.339. The molecule has 0 saturated carbocycles. The van der Waals surface area contributed by atoms with Crippen LogP contribution in [0.1, 0.15) is 15.7 Å². The van der Waals surface area contributed by atoms with Crippen LogP contribution in [0.3, 0.4) is 0 Å². The fraction of sp³-hybridized carbons (Fsp3) is 0.100. The lowest BCUT2D eigenvalue weighted by atomic mass is 10.1. The van der Waals surface area contributed by atoms with Gasteiger partial charge in [0.15, 0.2) is 0 Å². The van der Waals surface area contributed by atoms with Crippen molar-refractivity contribution in [3.63, 3.8) is 0 Å². The summed E-state index contributed by atoms with van der Waals surface area (Å²) < 4.78 is 38.4. The molecule has 0 fully saturated rings. The van der Waals surface area contributed by atoms with Gasteiger partial charge in [0.1, 0.15) is 0 Å². The minimum absolute atomic E-state index is 0.0351. The number of alkyl halides is 3. The van der Waals surface area contributed by atoms with Gasteiger partial charge in [0.2, 0.25) is 0 Å². The molecule has 0 nitrogen and oxygen atoms in total. The van der Waals surface area contributed by atoms with Gasteiger partial charge in [-0.2, -0.15) is 13.2 Å². The highest BCUT2D eigenvalue weighted by Gasteiger charge is 2.30. The number of halogens is 3. The van der Waals surface area contributed by atoms with Gasteiger partial charge in [-0.15, -0.1) is 23.5 Å². The van der Waals surface area contributed by atoms with Crippen LogP contribution in [-0.2, 0) is 6.18 Å². The molecule has 0 N–H and O–H groups in total. The maximum absolute atomic E-state index is 12.8. The molecule has 0 unspecified atom stereocenters. The van der Waals surface area contributed by atoms with E-state index in [9.17, 15) is 13.2 Å². The van der Waals surface area contributed by atoms with Crippen molar-refractivity contribution in [1.29, 1.82) is 0 Å². The summed E-state index contributed by atoms with van der Waals surface area (Å²) in [5.41, 5.74) is 0.236. The Balaban J connectivity index is 1.87. The van der Waals surface area contributed by atoms with Crippen LogP contribution in [0.25, 0.3) is 0 Å². The average Bonchev–Trinajstić information content (AvgIpc) is 2.62. The van der Waals surface area contributed by atoms with Crippen molar-refractivity contribution in [1.82, 2.24) is 0 Å². The molecule has 0 amide bonds. The van der Waals surface area contributed by atoms with Gasteiger partial charge in [0, 0.05) is 9.79 Å². The zero-order valence-corrected chi connectivity index (χ0v) is 14.7. The van der Waals surface area contributed by atoms with Crippen LogP contribution in [0.5, 0.6) is 0 Å². The van der Waals surface area contributed by atoms with Gasteiger partial charge in [0.25, 0.3) is 0 Å². The Morgan fingerprint density at radius 3 is 1.44 bits per heavy atom. The summed E-state index contributed by atoms with van der Waals surface area (Å²) in [6.45, 7) is 0. The third-order valence-corrected chi connectivity index (χ3v) is 6.12. The van der Waals surface area contributed by atoms with Crippen LogP contribution in [0, 0.1) is 0 Å². The van der Waals surface area contributed by atoms with Gasteiger partial charge in [-0.3, -0.25) is 0 Å². The van der Waals surface area contributed by atoms with Gasteiger partial charge in [-0.25, -0.2) is 0 Å². The van der Waals surface area contributed by atoms with E-state index < -0.39 is 11.7 Å². The number of thioether (sulfide) groups is 2. The lowest BCUT2D eigenvalue weighted by Crippen LogP contribution is -2.04. The highest BCUT2D eigenvalue weighted by molar-refractivity contribution is 8.16. The van der Waals surface area contributed by atoms with Crippen molar-refractivity contribution in [3.05, 3.63) is 96.1 Å². The Kier molecular flexibility index (Phi) is 5.76. The van der Waals surface area contributed by atoms with E-state index in [-0.39, 0.29) is 4.58 Å². The predicted molar refractivity (Wildman–Crippen MR) is 98.8 cm³/mol. The van der Waals surface area contributed by atoms with E-state index in [2.05, 4.69) is 0 Å². The SMILES string of the molecule is FC(F)(F)c1ccc(C(Sc2ccccc2)Sc2ccccc2)cc1. The first-order valence-electron chi connectivity index (χ1n) is 7.63. The monoisotopic (exact) mass is 376 g/mol. The van der Waals surface area contributed by atoms with E-state index in [0.29, 0.717) is 0 Å². The standard InChI is InChI=1S/C20H15F3S2/c21-20(22,23)16-13-11-15(12-14-16)19(24-17-7-3-1-4-8-17)25-18-9-5-2-6-10-18/h1-14,19H. The highest BCUT2D eigenvalue weighted by Crippen LogP contribution is 2.47. The Morgan fingerprint density at radius 1 is 0.600 bits per heavy atom. The van der Waals surface area contributed by atoms with Crippen molar-refractivity contribution in [3.8, 4) is 0 Å². The van der Waals surface area contributed by atoms with Crippen LogP contribution in [-0.4, -0.2) is 0 Å². The van der Waals surface area contributed by atoms with Gasteiger partial charge in [-0.1, -0.05) is 48.5 Å². The van der Waals surface area contributed by atoms with Crippen LogP contribution in [0.15, 0.2) is 94.7 Å². The number of hydrogen-bond acceptors (Lipinski definition) is 2. The predicted octanol–water partition coefficient (Wildman–Crippen LogP) is 7.29. The second-order valence-electron chi connectivity index (χ2n) is 5.31. The van der Waals surface area contributed by atoms with E-state index in [4.69, 9.17) is 0 Å². The van der Waals surface area contributed by atoms with E-state index in [1.165, 1.54) is 0 Å². The van der Waals surface area contributed by atoms with Gasteiger partial charge in [-0.05, 0) is 42.0 Å². The number of rotatable bonds is 5. The topological polar surface area (TPSA) is 0 Å². The maximum atomic E-state index is 12.8. The first-order chi connectivity index (χ1) is 12.0. The van der Waals surface area contributed by atoms with Gasteiger partial charge in [0.05, 0.1) is 10.1 Å². The Morgan fingerprint density at radius 2 is 1.04 bits per heavy atom. The number of benzene rings is 3. The number of hydrogen-bond donors (Lipinski definition) is 0. The molecule has 0 bridgehead atoms. The summed E-state index contributed by atoms with van der Waals surface area (Å²) in [7, 11) is 0. The molecule has 25 heavy (non-hydrogen) atoms. The molecule has 0 aliphatic carbocycles. The molecule has 5 heteroatoms. The summed E-state index contributed by atoms with van der Waals surface area (Å²) in [6, 6.07) is 25.2. The first-order valence-corrected chi connectivity index (χ1v) is 9.39. The highest BCUT2D eigenvalue weighted by atomic mass is 32.2. The van der Waals surface area contributed by atoms with Crippen LogP contribution in [0.4, 0.5) is 13.2 Å². The van der Waals surface area contributed by atoms with E-state index in [0.717, 1.165) is 27.5 Å². The molecule has 0 heterocycles. The molecule has 3 rings (SSSR count). The molecule has 0 spiro atoms. The minimum atomic E-state index is -4.31. The summed E-state index contributed by atoms with van der Waals surface area (Å²) in [5.74, 6) is 0. The van der Waals surface area contributed by atoms with Crippen molar-refractivity contribution >= 4 is 23.5 Å². The molecule has 3 aromatic rings. The lowest BCUT2D eigenvalue weighted by Gasteiger charge is -2.18. The molecular formula is C20H15F3S2. The summed E-state index contributed by atoms with van der Waals surface area (Å²) in [6.07, 6.45) is -4.31. The Hall–Kier alpha value is -1.85. The summed E-state index contributed by atoms with van der Waals surface area (Å²) in [4.78, 5) is 2.16. The van der Waals surface area contributed by atoms with Crippen LogP contribution < -0.4 is 0 Å². The molecule has 0 saturated heterocycles. The van der Waals surface area contributed by atoms with Crippen molar-refractivity contribution in [2.45, 2.75) is 20.5 Å².